The Bertz CT molecular complexity index is 24.1. The molecule has 0 saturated heterocycles. The van der Waals surface area contributed by atoms with Crippen molar-refractivity contribution in [1.29, 1.82) is 0 Å². The molecule has 0 amide bonds. The van der Waals surface area contributed by atoms with Gasteiger partial charge in [-0.2, -0.15) is 0 Å². The van der Waals surface area contributed by atoms with Crippen LogP contribution < -0.4 is 71.4 Å². The van der Waals surface area contributed by atoms with Gasteiger partial charge in [0.1, 0.15) is 0 Å². The summed E-state index contributed by atoms with van der Waals surface area (Å²) in [5, 5.41) is 0. The molecule has 0 rings (SSSR count). The molecule has 0 saturated carbocycles. The Hall–Kier alpha value is 2.92. The standard InChI is InChI=1S/C2H4.Ca.2H3N.2Na.4H/c1-2;;;;;;;;;/h1-2H2;;2*1H3;;;;;;/q;+2;;;2*+1;4*-1. The Morgan fingerprint density at radius 2 is 0.857 bits per heavy atom. The van der Waals surface area contributed by atoms with E-state index in [0.29, 0.717) is 0 Å². The van der Waals surface area contributed by atoms with Crippen molar-refractivity contribution in [2.24, 2.45) is 0 Å². The minimum atomic E-state index is 0. The molecular formula is C2H14CaN2Na2. The van der Waals surface area contributed by atoms with Crippen molar-refractivity contribution in [1.82, 2.24) is 12.3 Å². The molecule has 0 aliphatic rings. The van der Waals surface area contributed by atoms with Crippen molar-refractivity contribution >= 4 is 37.7 Å². The van der Waals surface area contributed by atoms with Crippen LogP contribution in [0.4, 0.5) is 0 Å². The number of rotatable bonds is 0. The molecule has 0 spiro atoms. The molecule has 0 atom stereocenters. The SMILES string of the molecule is C=C.N.N.[Ca+2].[H-].[H-].[H-].[H-].[Na+].[Na+]. The van der Waals surface area contributed by atoms with Crippen LogP contribution in [0.15, 0.2) is 13.2 Å². The van der Waals surface area contributed by atoms with E-state index < -0.39 is 0 Å². The molecule has 0 aromatic rings. The van der Waals surface area contributed by atoms with Crippen LogP contribution in [0.1, 0.15) is 5.71 Å². The smallest absolute Gasteiger partial charge is 1.00 e. The van der Waals surface area contributed by atoms with Gasteiger partial charge in [-0.15, -0.1) is 13.2 Å². The summed E-state index contributed by atoms with van der Waals surface area (Å²) in [6, 6.07) is 0. The minimum Gasteiger partial charge on any atom is -1.00 e. The summed E-state index contributed by atoms with van der Waals surface area (Å²) in [4.78, 5) is 0. The van der Waals surface area contributed by atoms with Crippen LogP contribution in [0.25, 0.3) is 0 Å². The molecule has 0 aromatic carbocycles. The van der Waals surface area contributed by atoms with Gasteiger partial charge in [0.2, 0.25) is 0 Å². The number of hydrogen-bond donors (Lipinski definition) is 2. The van der Waals surface area contributed by atoms with Crippen LogP contribution in [-0.4, -0.2) is 37.7 Å². The summed E-state index contributed by atoms with van der Waals surface area (Å²) < 4.78 is 0. The van der Waals surface area contributed by atoms with Gasteiger partial charge in [-0.25, -0.2) is 0 Å². The molecule has 0 aromatic heterocycles. The molecular weight excluding hydrogens is 138 g/mol. The summed E-state index contributed by atoms with van der Waals surface area (Å²) in [5.41, 5.74) is 0. The topological polar surface area (TPSA) is 70.0 Å². The van der Waals surface area contributed by atoms with E-state index in [1.165, 1.54) is 0 Å². The van der Waals surface area contributed by atoms with E-state index >= 15 is 0 Å². The summed E-state index contributed by atoms with van der Waals surface area (Å²) in [7, 11) is 0. The van der Waals surface area contributed by atoms with Crippen LogP contribution in [0.3, 0.4) is 0 Å². The zero-order chi connectivity index (χ0) is 2.00. The van der Waals surface area contributed by atoms with Crippen LogP contribution in [-0.2, 0) is 0 Å². The van der Waals surface area contributed by atoms with Crippen molar-refractivity contribution < 1.29 is 64.8 Å². The third-order valence-corrected chi connectivity index (χ3v) is 0. The van der Waals surface area contributed by atoms with Gasteiger partial charge >= 0.3 is 96.9 Å². The van der Waals surface area contributed by atoms with E-state index in [4.69, 9.17) is 0 Å². The van der Waals surface area contributed by atoms with Gasteiger partial charge in [-0.3, -0.25) is 0 Å². The van der Waals surface area contributed by atoms with Gasteiger partial charge in [-0.1, -0.05) is 0 Å². The first kappa shape index (κ1) is 51.4. The molecule has 0 fully saturated rings. The van der Waals surface area contributed by atoms with E-state index in [9.17, 15) is 0 Å². The fraction of sp³-hybridized carbons (Fsp3) is 0. The second-order valence-corrected chi connectivity index (χ2v) is 0. The maximum atomic E-state index is 3.00. The van der Waals surface area contributed by atoms with Crippen LogP contribution in [0, 0.1) is 0 Å². The van der Waals surface area contributed by atoms with E-state index in [-0.39, 0.29) is 115 Å². The van der Waals surface area contributed by atoms with Crippen molar-refractivity contribution in [3.8, 4) is 0 Å². The Balaban J connectivity index is -0.000000000139. The van der Waals surface area contributed by atoms with E-state index in [1.54, 1.807) is 0 Å². The van der Waals surface area contributed by atoms with E-state index in [2.05, 4.69) is 13.2 Å². The Labute approximate surface area is 126 Å². The zero-order valence-corrected chi connectivity index (χ0v) is 11.7. The molecule has 7 heavy (non-hydrogen) atoms. The van der Waals surface area contributed by atoms with Crippen molar-refractivity contribution in [3.63, 3.8) is 0 Å². The Kier molecular flexibility index (Phi) is 482. The summed E-state index contributed by atoms with van der Waals surface area (Å²) in [6.45, 7) is 6.00. The Morgan fingerprint density at radius 3 is 0.857 bits per heavy atom. The molecule has 0 aliphatic heterocycles. The maximum Gasteiger partial charge on any atom is 2.00 e. The summed E-state index contributed by atoms with van der Waals surface area (Å²) in [6.07, 6.45) is 0. The van der Waals surface area contributed by atoms with Crippen molar-refractivity contribution in [3.05, 3.63) is 13.2 Å². The van der Waals surface area contributed by atoms with Crippen molar-refractivity contribution in [2.45, 2.75) is 0 Å². The minimum absolute atomic E-state index is 0. The van der Waals surface area contributed by atoms with E-state index in [0.717, 1.165) is 0 Å². The second-order valence-electron chi connectivity index (χ2n) is 0. The fourth-order valence-corrected chi connectivity index (χ4v) is 0. The second kappa shape index (κ2) is 65.6. The zero-order valence-electron chi connectivity index (χ0n) is 9.54. The molecule has 0 radical (unpaired) electrons. The molecule has 0 bridgehead atoms. The molecule has 36 valence electrons. The normalized spacial score (nSPS) is 0.571. The average molecular weight is 152 g/mol. The average Bonchev–Trinajstić information content (AvgIpc) is 1.00. The molecule has 5 heteroatoms. The van der Waals surface area contributed by atoms with Gasteiger partial charge in [-0.05, 0) is 0 Å². The van der Waals surface area contributed by atoms with E-state index in [1.807, 2.05) is 0 Å². The van der Waals surface area contributed by atoms with Crippen LogP contribution in [0.5, 0.6) is 0 Å². The first-order chi connectivity index (χ1) is 1.00. The molecule has 6 N–H and O–H groups in total. The predicted octanol–water partition coefficient (Wildman–Crippen LogP) is -4.80. The van der Waals surface area contributed by atoms with Gasteiger partial charge in [0.25, 0.3) is 0 Å². The quantitative estimate of drug-likeness (QED) is 0.270. The Morgan fingerprint density at radius 1 is 0.857 bits per heavy atom. The summed E-state index contributed by atoms with van der Waals surface area (Å²) in [5.74, 6) is 0. The first-order valence-electron chi connectivity index (χ1n) is 0.500. The molecule has 2 nitrogen and oxygen atoms in total. The molecule has 0 aliphatic carbocycles. The fourth-order valence-electron chi connectivity index (χ4n) is 0. The van der Waals surface area contributed by atoms with Gasteiger partial charge in [0, 0.05) is 0 Å². The van der Waals surface area contributed by atoms with Crippen LogP contribution in [0.2, 0.25) is 0 Å². The third kappa shape index (κ3) is 50.1. The predicted molar refractivity (Wildman–Crippen MR) is 31.5 cm³/mol. The summed E-state index contributed by atoms with van der Waals surface area (Å²) >= 11 is 0. The number of hydrogen-bond acceptors (Lipinski definition) is 2. The third-order valence-electron chi connectivity index (χ3n) is 0. The van der Waals surface area contributed by atoms with Gasteiger partial charge in [0.15, 0.2) is 0 Å². The van der Waals surface area contributed by atoms with Gasteiger partial charge < -0.3 is 18.0 Å². The van der Waals surface area contributed by atoms with Crippen molar-refractivity contribution in [2.75, 3.05) is 0 Å². The largest absolute Gasteiger partial charge is 2.00 e. The van der Waals surface area contributed by atoms with Crippen LogP contribution >= 0.6 is 0 Å². The van der Waals surface area contributed by atoms with Gasteiger partial charge in [0.05, 0.1) is 0 Å². The molecule has 0 heterocycles. The molecule has 0 unspecified atom stereocenters. The monoisotopic (exact) mass is 152 g/mol. The first-order valence-corrected chi connectivity index (χ1v) is 0.500. The maximum absolute atomic E-state index is 3.00.